The van der Waals surface area contributed by atoms with Crippen LogP contribution in [0.1, 0.15) is 5.56 Å². The average Bonchev–Trinajstić information content (AvgIpc) is 3.20. The van der Waals surface area contributed by atoms with Crippen molar-refractivity contribution in [2.24, 2.45) is 7.05 Å². The van der Waals surface area contributed by atoms with Crippen molar-refractivity contribution in [1.82, 2.24) is 19.1 Å². The van der Waals surface area contributed by atoms with Gasteiger partial charge in [0, 0.05) is 12.6 Å². The largest absolute Gasteiger partial charge is 0.463 e. The van der Waals surface area contributed by atoms with Gasteiger partial charge in [-0.05, 0) is 18.2 Å². The molecule has 2 N–H and O–H groups in total. The third kappa shape index (κ3) is 2.38. The van der Waals surface area contributed by atoms with Gasteiger partial charge in [0.2, 0.25) is 5.95 Å². The van der Waals surface area contributed by atoms with E-state index in [9.17, 15) is 9.18 Å². The molecule has 0 amide bonds. The molecule has 0 unspecified atom stereocenters. The maximum atomic E-state index is 14.0. The smallest absolute Gasteiger partial charge is 0.330 e. The van der Waals surface area contributed by atoms with E-state index in [2.05, 4.69) is 9.97 Å². The van der Waals surface area contributed by atoms with Crippen LogP contribution in [0.2, 0.25) is 0 Å². The zero-order chi connectivity index (χ0) is 17.6. The summed E-state index contributed by atoms with van der Waals surface area (Å²) in [5.41, 5.74) is 7.08. The maximum Gasteiger partial charge on any atom is 0.330 e. The van der Waals surface area contributed by atoms with Crippen LogP contribution in [0.15, 0.2) is 51.9 Å². The minimum atomic E-state index is -0.389. The van der Waals surface area contributed by atoms with Gasteiger partial charge in [0.25, 0.3) is 0 Å². The van der Waals surface area contributed by atoms with Crippen LogP contribution in [0.3, 0.4) is 0 Å². The van der Waals surface area contributed by atoms with E-state index in [1.807, 2.05) is 0 Å². The van der Waals surface area contributed by atoms with E-state index in [-0.39, 0.29) is 24.0 Å². The van der Waals surface area contributed by atoms with E-state index < -0.39 is 0 Å². The second-order valence-electron chi connectivity index (χ2n) is 5.60. The lowest BCUT2D eigenvalue weighted by Gasteiger charge is -2.05. The van der Waals surface area contributed by atoms with Crippen LogP contribution in [-0.4, -0.2) is 19.1 Å². The van der Waals surface area contributed by atoms with E-state index in [4.69, 9.17) is 10.2 Å². The molecule has 4 aromatic rings. The zero-order valence-corrected chi connectivity index (χ0v) is 13.3. The van der Waals surface area contributed by atoms with Crippen LogP contribution in [0.25, 0.3) is 22.6 Å². The fourth-order valence-electron chi connectivity index (χ4n) is 2.85. The topological polar surface area (TPSA) is 91.9 Å². The number of furan rings is 1. The zero-order valence-electron chi connectivity index (χ0n) is 13.3. The van der Waals surface area contributed by atoms with E-state index in [0.717, 1.165) is 0 Å². The first-order valence-electron chi connectivity index (χ1n) is 7.56. The summed E-state index contributed by atoms with van der Waals surface area (Å²) in [6.07, 6.45) is 1.51. The normalized spacial score (nSPS) is 11.3. The van der Waals surface area contributed by atoms with Crippen molar-refractivity contribution in [2.45, 2.75) is 6.54 Å². The summed E-state index contributed by atoms with van der Waals surface area (Å²) in [6.45, 7) is 0.0386. The monoisotopic (exact) mass is 339 g/mol. The molecule has 0 aliphatic heterocycles. The summed E-state index contributed by atoms with van der Waals surface area (Å²) in [7, 11) is 1.61. The van der Waals surface area contributed by atoms with Crippen molar-refractivity contribution >= 4 is 17.1 Å². The van der Waals surface area contributed by atoms with Gasteiger partial charge >= 0.3 is 5.69 Å². The number of hydrogen-bond acceptors (Lipinski definition) is 5. The Bertz CT molecular complexity index is 1130. The Kier molecular flexibility index (Phi) is 3.38. The highest BCUT2D eigenvalue weighted by Gasteiger charge is 2.21. The lowest BCUT2D eigenvalue weighted by Crippen LogP contribution is -2.23. The number of fused-ring (bicyclic) bond motifs is 1. The highest BCUT2D eigenvalue weighted by Crippen LogP contribution is 2.26. The van der Waals surface area contributed by atoms with E-state index in [1.165, 1.54) is 21.5 Å². The average molecular weight is 339 g/mol. The third-order valence-electron chi connectivity index (χ3n) is 4.03. The number of anilines is 1. The van der Waals surface area contributed by atoms with Gasteiger partial charge in [-0.1, -0.05) is 18.2 Å². The van der Waals surface area contributed by atoms with Crippen molar-refractivity contribution in [3.63, 3.8) is 0 Å². The SMILES string of the molecule is Cn1c(=O)n(Cc2ccccc2F)c2nc(N)nc(-c3ccco3)c21. The number of aromatic nitrogens is 4. The van der Waals surface area contributed by atoms with Crippen molar-refractivity contribution in [2.75, 3.05) is 5.73 Å². The van der Waals surface area contributed by atoms with E-state index in [1.54, 1.807) is 37.4 Å². The van der Waals surface area contributed by atoms with Gasteiger partial charge in [-0.3, -0.25) is 9.13 Å². The van der Waals surface area contributed by atoms with E-state index >= 15 is 0 Å². The van der Waals surface area contributed by atoms with Gasteiger partial charge in [-0.2, -0.15) is 4.98 Å². The molecular weight excluding hydrogens is 325 g/mol. The summed E-state index contributed by atoms with van der Waals surface area (Å²) < 4.78 is 22.2. The molecule has 7 nitrogen and oxygen atoms in total. The number of halogens is 1. The molecule has 3 aromatic heterocycles. The standard InChI is InChI=1S/C17H14FN5O2/c1-22-14-13(12-7-4-8-25-12)20-16(19)21-15(14)23(17(22)24)9-10-5-2-3-6-11(10)18/h2-8H,9H2,1H3,(H2,19,20,21). The first kappa shape index (κ1) is 15.1. The molecular formula is C17H14FN5O2. The number of nitrogens with zero attached hydrogens (tertiary/aromatic N) is 4. The molecule has 0 bridgehead atoms. The quantitative estimate of drug-likeness (QED) is 0.617. The minimum Gasteiger partial charge on any atom is -0.463 e. The molecule has 0 atom stereocenters. The summed E-state index contributed by atoms with van der Waals surface area (Å²) in [5.74, 6) is 0.0872. The Balaban J connectivity index is 1.99. The molecule has 3 heterocycles. The Morgan fingerprint density at radius 2 is 2.00 bits per heavy atom. The Morgan fingerprint density at radius 1 is 1.20 bits per heavy atom. The van der Waals surface area contributed by atoms with Gasteiger partial charge < -0.3 is 10.2 Å². The van der Waals surface area contributed by atoms with Crippen LogP contribution in [0.5, 0.6) is 0 Å². The fraction of sp³-hybridized carbons (Fsp3) is 0.118. The molecule has 0 aliphatic rings. The molecule has 1 aromatic carbocycles. The summed E-state index contributed by atoms with van der Waals surface area (Å²) in [5, 5.41) is 0. The lowest BCUT2D eigenvalue weighted by atomic mass is 10.2. The predicted molar refractivity (Wildman–Crippen MR) is 90.4 cm³/mol. The number of aryl methyl sites for hydroxylation is 1. The highest BCUT2D eigenvalue weighted by molar-refractivity contribution is 5.87. The molecule has 126 valence electrons. The van der Waals surface area contributed by atoms with Crippen LogP contribution in [0, 0.1) is 5.82 Å². The van der Waals surface area contributed by atoms with Crippen LogP contribution >= 0.6 is 0 Å². The Labute approximate surface area is 141 Å². The number of rotatable bonds is 3. The van der Waals surface area contributed by atoms with Gasteiger partial charge in [-0.15, -0.1) is 0 Å². The molecule has 0 saturated heterocycles. The lowest BCUT2D eigenvalue weighted by molar-refractivity contribution is 0.580. The molecule has 0 radical (unpaired) electrons. The number of nitrogen functional groups attached to an aromatic ring is 1. The van der Waals surface area contributed by atoms with Crippen molar-refractivity contribution in [3.8, 4) is 11.5 Å². The molecule has 0 fully saturated rings. The van der Waals surface area contributed by atoms with Crippen molar-refractivity contribution < 1.29 is 8.81 Å². The molecule has 0 saturated carbocycles. The molecule has 25 heavy (non-hydrogen) atoms. The highest BCUT2D eigenvalue weighted by atomic mass is 19.1. The fourth-order valence-corrected chi connectivity index (χ4v) is 2.85. The summed E-state index contributed by atoms with van der Waals surface area (Å²) in [6, 6.07) is 9.72. The minimum absolute atomic E-state index is 0.00628. The molecule has 0 spiro atoms. The van der Waals surface area contributed by atoms with Crippen molar-refractivity contribution in [1.29, 1.82) is 0 Å². The van der Waals surface area contributed by atoms with Crippen molar-refractivity contribution in [3.05, 3.63) is 64.5 Å². The number of imidazole rings is 1. The number of benzene rings is 1. The molecule has 8 heteroatoms. The second-order valence-corrected chi connectivity index (χ2v) is 5.60. The van der Waals surface area contributed by atoms with Crippen LogP contribution in [-0.2, 0) is 13.6 Å². The van der Waals surface area contributed by atoms with Gasteiger partial charge in [0.1, 0.15) is 17.0 Å². The third-order valence-corrected chi connectivity index (χ3v) is 4.03. The van der Waals surface area contributed by atoms with Gasteiger partial charge in [-0.25, -0.2) is 14.2 Å². The van der Waals surface area contributed by atoms with Crippen LogP contribution < -0.4 is 11.4 Å². The second kappa shape index (κ2) is 5.59. The summed E-state index contributed by atoms with van der Waals surface area (Å²) in [4.78, 5) is 21.1. The Hall–Kier alpha value is -3.42. The first-order chi connectivity index (χ1) is 12.1. The van der Waals surface area contributed by atoms with Gasteiger partial charge in [0.15, 0.2) is 11.4 Å². The number of hydrogen-bond donors (Lipinski definition) is 1. The maximum absolute atomic E-state index is 14.0. The Morgan fingerprint density at radius 3 is 2.72 bits per heavy atom. The van der Waals surface area contributed by atoms with Crippen LogP contribution in [0.4, 0.5) is 10.3 Å². The molecule has 0 aliphatic carbocycles. The van der Waals surface area contributed by atoms with Gasteiger partial charge in [0.05, 0.1) is 12.8 Å². The molecule has 4 rings (SSSR count). The first-order valence-corrected chi connectivity index (χ1v) is 7.56. The predicted octanol–water partition coefficient (Wildman–Crippen LogP) is 2.16. The number of nitrogens with two attached hydrogens (primary N) is 1. The van der Waals surface area contributed by atoms with E-state index in [0.29, 0.717) is 28.2 Å². The summed E-state index contributed by atoms with van der Waals surface area (Å²) >= 11 is 0.